The van der Waals surface area contributed by atoms with E-state index in [1.165, 1.54) is 71.9 Å². The van der Waals surface area contributed by atoms with Crippen molar-refractivity contribution in [2.75, 3.05) is 13.6 Å². The summed E-state index contributed by atoms with van der Waals surface area (Å²) in [5, 5.41) is 3.37. The quantitative estimate of drug-likeness (QED) is 0.452. The molecule has 0 aromatic heterocycles. The second kappa shape index (κ2) is 10.8. The summed E-state index contributed by atoms with van der Waals surface area (Å²) in [6.07, 6.45) is 8.41. The van der Waals surface area contributed by atoms with Crippen molar-refractivity contribution in [1.29, 1.82) is 0 Å². The van der Waals surface area contributed by atoms with Crippen LogP contribution >= 0.6 is 0 Å². The normalized spacial score (nSPS) is 13.5. The predicted octanol–water partition coefficient (Wildman–Crippen LogP) is 6.81. The molecule has 2 aromatic carbocycles. The minimum absolute atomic E-state index is 0.386. The van der Waals surface area contributed by atoms with Gasteiger partial charge in [-0.1, -0.05) is 63.6 Å². The minimum Gasteiger partial charge on any atom is -0.319 e. The summed E-state index contributed by atoms with van der Waals surface area (Å²) in [7, 11) is 2.06. The van der Waals surface area contributed by atoms with E-state index in [2.05, 4.69) is 83.4 Å². The Morgan fingerprint density at radius 3 is 2.21 bits per heavy atom. The number of nitrogens with one attached hydrogen (secondary N) is 1. The Morgan fingerprint density at radius 1 is 0.857 bits per heavy atom. The van der Waals surface area contributed by atoms with E-state index in [9.17, 15) is 0 Å². The summed E-state index contributed by atoms with van der Waals surface area (Å²) < 4.78 is 0. The monoisotopic (exact) mass is 379 g/mol. The molecule has 0 saturated carbocycles. The molecule has 0 aliphatic carbocycles. The highest BCUT2D eigenvalue weighted by molar-refractivity contribution is 5.39. The van der Waals surface area contributed by atoms with Crippen LogP contribution in [0.3, 0.4) is 0 Å². The maximum Gasteiger partial charge on any atom is 0.000217 e. The first kappa shape index (κ1) is 22.7. The summed E-state index contributed by atoms with van der Waals surface area (Å²) in [5.74, 6) is 0. The molecule has 1 nitrogen and oxygen atoms in total. The zero-order chi connectivity index (χ0) is 20.6. The van der Waals surface area contributed by atoms with Gasteiger partial charge in [0.05, 0.1) is 0 Å². The van der Waals surface area contributed by atoms with Gasteiger partial charge in [0.2, 0.25) is 0 Å². The fourth-order valence-electron chi connectivity index (χ4n) is 4.03. The van der Waals surface area contributed by atoms with Gasteiger partial charge in [-0.25, -0.2) is 0 Å². The predicted molar refractivity (Wildman–Crippen MR) is 124 cm³/mol. The zero-order valence-electron chi connectivity index (χ0n) is 19.1. The lowest BCUT2D eigenvalue weighted by Gasteiger charge is -2.28. The fourth-order valence-corrected chi connectivity index (χ4v) is 4.03. The van der Waals surface area contributed by atoms with Crippen molar-refractivity contribution >= 4 is 0 Å². The molecule has 154 valence electrons. The van der Waals surface area contributed by atoms with Gasteiger partial charge >= 0.3 is 0 Å². The summed E-state index contributed by atoms with van der Waals surface area (Å²) in [6, 6.07) is 14.2. The molecule has 0 fully saturated rings. The number of hydrogen-bond acceptors (Lipinski definition) is 1. The third-order valence-corrected chi connectivity index (χ3v) is 6.49. The fraction of sp³-hybridized carbons (Fsp3) is 0.556. The minimum atomic E-state index is 0.386. The molecule has 0 bridgehead atoms. The van der Waals surface area contributed by atoms with Gasteiger partial charge in [0.15, 0.2) is 0 Å². The van der Waals surface area contributed by atoms with Gasteiger partial charge in [0, 0.05) is 6.54 Å². The average Bonchev–Trinajstić information content (AvgIpc) is 2.69. The number of unbranched alkanes of at least 4 members (excludes halogenated alkanes) is 1. The first-order chi connectivity index (χ1) is 13.4. The van der Waals surface area contributed by atoms with Gasteiger partial charge in [0.25, 0.3) is 0 Å². The molecule has 0 aliphatic rings. The molecule has 0 aliphatic heterocycles. The SMILES string of the molecule is CCCCc1ccc(C)c(Cc2ccc(CCC(C)(CC)CNC)cc2C)c1. The molecular weight excluding hydrogens is 338 g/mol. The van der Waals surface area contributed by atoms with Crippen molar-refractivity contribution in [2.45, 2.75) is 79.6 Å². The molecule has 28 heavy (non-hydrogen) atoms. The Kier molecular flexibility index (Phi) is 8.76. The molecule has 0 radical (unpaired) electrons. The van der Waals surface area contributed by atoms with E-state index < -0.39 is 0 Å². The van der Waals surface area contributed by atoms with E-state index >= 15 is 0 Å². The van der Waals surface area contributed by atoms with Crippen molar-refractivity contribution < 1.29 is 0 Å². The van der Waals surface area contributed by atoms with Crippen molar-refractivity contribution in [3.63, 3.8) is 0 Å². The van der Waals surface area contributed by atoms with Gasteiger partial charge in [-0.05, 0) is 98.2 Å². The van der Waals surface area contributed by atoms with Crippen LogP contribution in [0.1, 0.15) is 79.8 Å². The molecule has 2 rings (SSSR count). The van der Waals surface area contributed by atoms with Crippen molar-refractivity contribution in [3.05, 3.63) is 69.8 Å². The van der Waals surface area contributed by atoms with E-state index in [1.54, 1.807) is 0 Å². The first-order valence-electron chi connectivity index (χ1n) is 11.2. The number of benzene rings is 2. The third kappa shape index (κ3) is 6.48. The van der Waals surface area contributed by atoms with Crippen LogP contribution in [-0.4, -0.2) is 13.6 Å². The molecule has 0 spiro atoms. The van der Waals surface area contributed by atoms with Crippen LogP contribution in [0.4, 0.5) is 0 Å². The number of rotatable bonds is 11. The van der Waals surface area contributed by atoms with E-state index in [4.69, 9.17) is 0 Å². The topological polar surface area (TPSA) is 12.0 Å². The molecule has 1 unspecified atom stereocenters. The molecule has 1 heteroatoms. The van der Waals surface area contributed by atoms with E-state index in [1.807, 2.05) is 0 Å². The Morgan fingerprint density at radius 2 is 1.57 bits per heavy atom. The highest BCUT2D eigenvalue weighted by Crippen LogP contribution is 2.28. The molecule has 0 amide bonds. The average molecular weight is 380 g/mol. The van der Waals surface area contributed by atoms with Crippen molar-refractivity contribution in [1.82, 2.24) is 5.32 Å². The molecular formula is C27H41N. The van der Waals surface area contributed by atoms with Crippen LogP contribution in [0.5, 0.6) is 0 Å². The second-order valence-electron chi connectivity index (χ2n) is 9.00. The van der Waals surface area contributed by atoms with Crippen LogP contribution in [0.25, 0.3) is 0 Å². The smallest absolute Gasteiger partial charge is 0.000217 e. The van der Waals surface area contributed by atoms with Crippen LogP contribution in [0.2, 0.25) is 0 Å². The van der Waals surface area contributed by atoms with Crippen LogP contribution in [-0.2, 0) is 19.3 Å². The summed E-state index contributed by atoms with van der Waals surface area (Å²) >= 11 is 0. The summed E-state index contributed by atoms with van der Waals surface area (Å²) in [6.45, 7) is 12.6. The standard InChI is InChI=1S/C27H41N/c1-7-9-10-23-12-11-21(3)26(18-23)19-25-14-13-24(17-22(25)4)15-16-27(5,8-2)20-28-6/h11-14,17-18,28H,7-10,15-16,19-20H2,1-6H3. The van der Waals surface area contributed by atoms with Crippen LogP contribution < -0.4 is 5.32 Å². The van der Waals surface area contributed by atoms with Crippen LogP contribution in [0, 0.1) is 19.3 Å². The lowest BCUT2D eigenvalue weighted by Crippen LogP contribution is -2.29. The summed E-state index contributed by atoms with van der Waals surface area (Å²) in [4.78, 5) is 0. The van der Waals surface area contributed by atoms with Gasteiger partial charge in [-0.2, -0.15) is 0 Å². The van der Waals surface area contributed by atoms with Gasteiger partial charge in [-0.3, -0.25) is 0 Å². The van der Waals surface area contributed by atoms with Crippen molar-refractivity contribution in [2.24, 2.45) is 5.41 Å². The Hall–Kier alpha value is -1.60. The third-order valence-electron chi connectivity index (χ3n) is 6.49. The highest BCUT2D eigenvalue weighted by atomic mass is 14.8. The van der Waals surface area contributed by atoms with Gasteiger partial charge in [-0.15, -0.1) is 0 Å². The maximum absolute atomic E-state index is 3.37. The van der Waals surface area contributed by atoms with Gasteiger partial charge in [0.1, 0.15) is 0 Å². The number of hydrogen-bond donors (Lipinski definition) is 1. The lowest BCUT2D eigenvalue weighted by atomic mass is 9.81. The van der Waals surface area contributed by atoms with E-state index in [0.29, 0.717) is 5.41 Å². The second-order valence-corrected chi connectivity index (χ2v) is 9.00. The Balaban J connectivity index is 2.08. The largest absolute Gasteiger partial charge is 0.319 e. The molecule has 0 saturated heterocycles. The molecule has 1 N–H and O–H groups in total. The van der Waals surface area contributed by atoms with E-state index in [-0.39, 0.29) is 0 Å². The molecule has 0 heterocycles. The lowest BCUT2D eigenvalue weighted by molar-refractivity contribution is 0.277. The first-order valence-corrected chi connectivity index (χ1v) is 11.2. The summed E-state index contributed by atoms with van der Waals surface area (Å²) in [5.41, 5.74) is 9.14. The molecule has 1 atom stereocenters. The highest BCUT2D eigenvalue weighted by Gasteiger charge is 2.20. The Labute approximate surface area is 174 Å². The van der Waals surface area contributed by atoms with Crippen molar-refractivity contribution in [3.8, 4) is 0 Å². The Bertz CT molecular complexity index is 746. The van der Waals surface area contributed by atoms with Gasteiger partial charge < -0.3 is 5.32 Å². The molecule has 2 aromatic rings. The van der Waals surface area contributed by atoms with Crippen LogP contribution in [0.15, 0.2) is 36.4 Å². The zero-order valence-corrected chi connectivity index (χ0v) is 19.1. The maximum atomic E-state index is 3.37. The van der Waals surface area contributed by atoms with E-state index in [0.717, 1.165) is 13.0 Å². The number of aryl methyl sites for hydroxylation is 4.